The molecule has 51 heteroatoms. The highest BCUT2D eigenvalue weighted by Crippen LogP contribution is 2.40. The fourth-order valence-electron chi connectivity index (χ4n) is 11.9. The summed E-state index contributed by atoms with van der Waals surface area (Å²) < 4.78 is 245. The second kappa shape index (κ2) is 49.0. The maximum Gasteiger partial charge on any atom is 0.523 e. The molecule has 4 aliphatic rings. The molecular weight excluding hydrogens is 2080 g/mol. The van der Waals surface area contributed by atoms with Gasteiger partial charge in [-0.2, -0.15) is 21.6 Å². The third kappa shape index (κ3) is 33.8. The van der Waals surface area contributed by atoms with E-state index in [0.29, 0.717) is 53.4 Å². The number of nitrogens with two attached hydrogens (primary N) is 2. The Morgan fingerprint density at radius 3 is 1.12 bits per heavy atom. The Labute approximate surface area is 815 Å². The Kier molecular flexibility index (Phi) is 40.5. The van der Waals surface area contributed by atoms with Gasteiger partial charge in [-0.05, 0) is 196 Å². The van der Waals surface area contributed by atoms with E-state index in [0.717, 1.165) is 5.56 Å². The molecule has 0 aliphatic carbocycles. The third-order valence-electron chi connectivity index (χ3n) is 18.3. The lowest BCUT2D eigenvalue weighted by atomic mass is 10.0. The van der Waals surface area contributed by atoms with E-state index in [1.54, 1.807) is 97.0 Å². The maximum absolute atomic E-state index is 16.0. The first-order valence-electron chi connectivity index (χ1n) is 41.3. The number of esters is 4. The molecule has 8 amide bonds. The van der Waals surface area contributed by atoms with E-state index in [1.165, 1.54) is 130 Å². The van der Waals surface area contributed by atoms with Gasteiger partial charge in [0.1, 0.15) is 49.1 Å². The van der Waals surface area contributed by atoms with Crippen molar-refractivity contribution in [1.29, 1.82) is 0 Å². The zero-order chi connectivity index (χ0) is 107. The molecule has 0 unspecified atom stereocenters. The van der Waals surface area contributed by atoms with Crippen molar-refractivity contribution in [3.05, 3.63) is 257 Å². The molecule has 8 N–H and O–H groups in total. The second-order valence-electron chi connectivity index (χ2n) is 33.0. The van der Waals surface area contributed by atoms with Crippen molar-refractivity contribution < 1.29 is 180 Å². The number of carboxylic acids is 1. The number of rotatable bonds is 27. The minimum absolute atomic E-state index is 0.0125. The molecule has 0 atom stereocenters. The zero-order valence-corrected chi connectivity index (χ0v) is 80.2. The van der Waals surface area contributed by atoms with E-state index in [-0.39, 0.29) is 78.2 Å². The fourth-order valence-corrected chi connectivity index (χ4v) is 13.6. The summed E-state index contributed by atoms with van der Waals surface area (Å²) >= 11 is 6.84. The SMILES string of the molecule is CC(C)OC(=O)c1ncc(Cc2ccc(F)cc2)c(Br)c1N(CC(F)(F)CN1C(=O)c2ccccc2C1=O)C(=O)OC(C)(C)C.CC(C)OC(=O)c1ncc(Cc2ccc(F)cc2)c(Br)c1NC(=O)OC(C)(C)C.NCC(F)(F)CC(=O)O.NCC(F)(F)CO.O=C1OC(=O)c2ccccc21.O=C1c2ccccc2C(=O)N1CC(F)(F)CO.O=C1c2ccccc2C(=O)N1CC(F)(F)COS(=O)(=O)C(F)(F)F. The lowest BCUT2D eigenvalue weighted by Crippen LogP contribution is -2.50. The number of aliphatic carboxylic acids is 1. The largest absolute Gasteiger partial charge is 0.523 e. The minimum atomic E-state index is -6.21. The van der Waals surface area contributed by atoms with Crippen molar-refractivity contribution >= 4 is 131 Å². The van der Waals surface area contributed by atoms with Gasteiger partial charge in [-0.3, -0.25) is 62.7 Å². The molecule has 142 heavy (non-hydrogen) atoms. The molecule has 0 radical (unpaired) electrons. The van der Waals surface area contributed by atoms with Gasteiger partial charge in [0, 0.05) is 34.2 Å². The van der Waals surface area contributed by atoms with Gasteiger partial charge in [0.05, 0.1) is 107 Å². The number of halogens is 17. The number of aliphatic hydroxyl groups excluding tert-OH is 2. The van der Waals surface area contributed by atoms with Gasteiger partial charge in [-0.1, -0.05) is 72.8 Å². The number of cyclic esters (lactones) is 2. The van der Waals surface area contributed by atoms with Crippen LogP contribution in [0.15, 0.2) is 167 Å². The number of alkyl halides is 13. The van der Waals surface area contributed by atoms with Crippen molar-refractivity contribution in [2.75, 3.05) is 69.3 Å². The van der Waals surface area contributed by atoms with Gasteiger partial charge in [-0.15, -0.1) is 0 Å². The molecule has 6 heterocycles. The number of fused-ring (bicyclic) bond motifs is 4. The number of nitrogens with zero attached hydrogens (tertiary/aromatic N) is 6. The van der Waals surface area contributed by atoms with E-state index in [2.05, 4.69) is 67.5 Å². The molecule has 4 aliphatic heterocycles. The first-order valence-corrected chi connectivity index (χ1v) is 44.3. The number of ether oxygens (including phenoxy) is 5. The van der Waals surface area contributed by atoms with E-state index in [9.17, 15) is 128 Å². The zero-order valence-electron chi connectivity index (χ0n) is 76.2. The lowest BCUT2D eigenvalue weighted by molar-refractivity contribution is -0.144. The Morgan fingerprint density at radius 1 is 0.472 bits per heavy atom. The van der Waals surface area contributed by atoms with Gasteiger partial charge in [-0.25, -0.2) is 91.4 Å². The Balaban J connectivity index is 0.000000276. The standard InChI is InChI=1S/C32H31BrF3N3O6.C21H24BrFN2O4.C12H8F5NO5S.C11H9F2NO3.C8H4O3.C4H7F2NO2.C3H7F2NO/c1-18(2)44-29(42)25-26(24(33)20(15-37-25)14-19-10-12-21(34)13-11-19)38(30(43)45-31(3,4)5)16-32(35,36)17-39-27(40)22-8-6-7-9-23(22)28(39)41;1-12(2)28-19(26)18-17(25-20(27)29-21(3,4)5)16(22)14(11-24-18)10-13-6-8-15(23)9-7-13;13-11(14,6-23-24(21,22)12(15,16)17)5-18-9(19)7-3-1-2-4-8(7)10(18)20;12-11(13,6-15)5-14-9(16)7-3-1-2-4-8(7)10(14)17;9-7-5-3-1-2-4-6(5)8(10)11-7;5-4(6,2-7)1-3(8)9;4-3(5,1-6)2-7/h6-13,15,18H,14,16-17H2,1-5H3;6-9,11-12H,10H2,1-5H3,(H,25,27);1-4H,5-6H2;1-4,15H,5-6H2;1-4H;1-2,7H2,(H,8,9);7H,1-2,6H2. The average molecular weight is 2170 g/mol. The number of carboxylic acid groups (broad SMARTS) is 1. The van der Waals surface area contributed by atoms with E-state index >= 15 is 8.78 Å². The number of aromatic nitrogens is 2. The van der Waals surface area contributed by atoms with E-state index in [1.807, 2.05) is 0 Å². The Bertz CT molecular complexity index is 5970. The van der Waals surface area contributed by atoms with Crippen LogP contribution < -0.4 is 21.7 Å². The van der Waals surface area contributed by atoms with Crippen LogP contribution in [-0.2, 0) is 55.6 Å². The maximum atomic E-state index is 16.0. The molecule has 2 aromatic heterocycles. The fraction of sp³-hybridized carbons (Fsp3) is 0.352. The van der Waals surface area contributed by atoms with Crippen LogP contribution in [0.5, 0.6) is 0 Å². The molecule has 0 spiro atoms. The number of carbonyl (C=O) groups excluding carboxylic acids is 12. The van der Waals surface area contributed by atoms with Gasteiger partial charge >= 0.3 is 57.7 Å². The van der Waals surface area contributed by atoms with Crippen LogP contribution in [0.25, 0.3) is 0 Å². The quantitative estimate of drug-likeness (QED) is 0.00529. The summed E-state index contributed by atoms with van der Waals surface area (Å²) in [5.74, 6) is -28.4. The highest BCUT2D eigenvalue weighted by molar-refractivity contribution is 9.11. The molecule has 0 saturated carbocycles. The number of amides is 8. The summed E-state index contributed by atoms with van der Waals surface area (Å²) in [6, 6.07) is 35.0. The van der Waals surface area contributed by atoms with Crippen LogP contribution in [0.4, 0.5) is 86.8 Å². The van der Waals surface area contributed by atoms with Gasteiger partial charge in [0.15, 0.2) is 11.4 Å². The van der Waals surface area contributed by atoms with Crippen LogP contribution >= 0.6 is 31.9 Å². The molecule has 12 rings (SSSR count). The molecule has 8 aromatic rings. The van der Waals surface area contributed by atoms with Crippen molar-refractivity contribution in [2.24, 2.45) is 11.5 Å². The third-order valence-corrected chi connectivity index (χ3v) is 21.1. The van der Waals surface area contributed by atoms with Crippen molar-refractivity contribution in [3.63, 3.8) is 0 Å². The smallest absolute Gasteiger partial charge is 0.481 e. The van der Waals surface area contributed by atoms with Crippen LogP contribution in [0.2, 0.25) is 0 Å². The molecule has 0 saturated heterocycles. The van der Waals surface area contributed by atoms with Gasteiger partial charge in [0.2, 0.25) is 0 Å². The summed E-state index contributed by atoms with van der Waals surface area (Å²) in [7, 11) is -6.21. The topological polar surface area (TPSA) is 475 Å². The number of pyridine rings is 2. The number of imide groups is 3. The second-order valence-corrected chi connectivity index (χ2v) is 36.2. The molecule has 0 bridgehead atoms. The summed E-state index contributed by atoms with van der Waals surface area (Å²) in [6.45, 7) is 4.49. The highest BCUT2D eigenvalue weighted by Gasteiger charge is 2.52. The number of benzene rings is 6. The van der Waals surface area contributed by atoms with E-state index < -0.39 is 217 Å². The Hall–Kier alpha value is -13.2. The highest BCUT2D eigenvalue weighted by atomic mass is 79.9. The van der Waals surface area contributed by atoms with Gasteiger partial charge < -0.3 is 50.5 Å². The number of hydrogen-bond donors (Lipinski definition) is 6. The van der Waals surface area contributed by atoms with Crippen molar-refractivity contribution in [1.82, 2.24) is 24.7 Å². The number of carbonyl (C=O) groups is 13. The number of hydrogen-bond acceptors (Lipinski definition) is 27. The molecule has 0 fully saturated rings. The lowest BCUT2D eigenvalue weighted by Gasteiger charge is -2.32. The minimum Gasteiger partial charge on any atom is -0.481 e. The molecular formula is C91H90Br2F15N9O24S. The summed E-state index contributed by atoms with van der Waals surface area (Å²) in [5, 5.41) is 26.6. The first-order chi connectivity index (χ1) is 65.6. The normalized spacial score (nSPS) is 13.5. The summed E-state index contributed by atoms with van der Waals surface area (Å²) in [6.07, 6.45) is -0.759. The predicted molar refractivity (Wildman–Crippen MR) is 479 cm³/mol. The molecule has 33 nitrogen and oxygen atoms in total. The van der Waals surface area contributed by atoms with Gasteiger partial charge in [0.25, 0.3) is 65.1 Å². The van der Waals surface area contributed by atoms with Crippen molar-refractivity contribution in [2.45, 2.75) is 147 Å². The van der Waals surface area contributed by atoms with Crippen LogP contribution in [0.1, 0.15) is 202 Å². The molecule has 768 valence electrons. The number of nitrogens with one attached hydrogen (secondary N) is 1. The summed E-state index contributed by atoms with van der Waals surface area (Å²) in [4.78, 5) is 166. The Morgan fingerprint density at radius 2 is 0.803 bits per heavy atom. The number of anilines is 2. The van der Waals surface area contributed by atoms with E-state index in [4.69, 9.17) is 34.3 Å². The monoisotopic (exact) mass is 2170 g/mol. The predicted octanol–water partition coefficient (Wildman–Crippen LogP) is 15.6. The number of aliphatic hydroxyl groups is 2. The van der Waals surface area contributed by atoms with Crippen molar-refractivity contribution in [3.8, 4) is 0 Å². The summed E-state index contributed by atoms with van der Waals surface area (Å²) in [5.41, 5.74) is 3.81. The molecule has 6 aromatic carbocycles. The first kappa shape index (κ1) is 117. The van der Waals surface area contributed by atoms with Crippen LogP contribution in [0.3, 0.4) is 0 Å². The van der Waals surface area contributed by atoms with Crippen LogP contribution in [0, 0.1) is 11.6 Å². The average Bonchev–Trinajstić information content (AvgIpc) is 1.53. The van der Waals surface area contributed by atoms with Crippen LogP contribution in [-0.4, -0.2) is 244 Å².